The summed E-state index contributed by atoms with van der Waals surface area (Å²) < 4.78 is 2.03. The monoisotopic (exact) mass is 307 g/mol. The van der Waals surface area contributed by atoms with Crippen LogP contribution in [0, 0.1) is 6.92 Å². The van der Waals surface area contributed by atoms with Gasteiger partial charge in [0.2, 0.25) is 5.91 Å². The number of fused-ring (bicyclic) bond motifs is 1. The van der Waals surface area contributed by atoms with Crippen LogP contribution in [0.25, 0.3) is 10.9 Å². The minimum absolute atomic E-state index is 0.0217. The van der Waals surface area contributed by atoms with Crippen LogP contribution in [0.5, 0.6) is 0 Å². The van der Waals surface area contributed by atoms with Crippen LogP contribution in [0.3, 0.4) is 0 Å². The molecule has 118 valence electrons. The molecular formula is C19H21N3O. The number of aryl methyl sites for hydroxylation is 1. The van der Waals surface area contributed by atoms with Crippen molar-refractivity contribution in [1.82, 2.24) is 14.5 Å². The Hall–Kier alpha value is -2.62. The number of carbonyl (C=O) groups is 1. The maximum atomic E-state index is 12.7. The van der Waals surface area contributed by atoms with Crippen LogP contribution in [0.1, 0.15) is 24.1 Å². The Morgan fingerprint density at radius 2 is 1.91 bits per heavy atom. The second-order valence-electron chi connectivity index (χ2n) is 5.92. The van der Waals surface area contributed by atoms with E-state index in [2.05, 4.69) is 24.0 Å². The summed E-state index contributed by atoms with van der Waals surface area (Å²) in [7, 11) is 1.85. The Bertz CT molecular complexity index is 823. The van der Waals surface area contributed by atoms with Gasteiger partial charge in [0.1, 0.15) is 6.54 Å². The summed E-state index contributed by atoms with van der Waals surface area (Å²) in [6, 6.07) is 12.1. The zero-order valence-electron chi connectivity index (χ0n) is 13.7. The van der Waals surface area contributed by atoms with Gasteiger partial charge in [0.15, 0.2) is 0 Å². The first kappa shape index (κ1) is 15.3. The van der Waals surface area contributed by atoms with Crippen LogP contribution in [-0.2, 0) is 11.3 Å². The van der Waals surface area contributed by atoms with Crippen LogP contribution in [0.2, 0.25) is 0 Å². The van der Waals surface area contributed by atoms with E-state index in [1.165, 1.54) is 10.9 Å². The lowest BCUT2D eigenvalue weighted by Gasteiger charge is -2.25. The van der Waals surface area contributed by atoms with E-state index in [4.69, 9.17) is 0 Å². The molecule has 1 aromatic carbocycles. The molecule has 0 aliphatic rings. The molecule has 0 saturated carbocycles. The summed E-state index contributed by atoms with van der Waals surface area (Å²) >= 11 is 0. The molecule has 0 aliphatic heterocycles. The summed E-state index contributed by atoms with van der Waals surface area (Å²) in [6.07, 6.45) is 5.56. The van der Waals surface area contributed by atoms with Crippen molar-refractivity contribution in [3.8, 4) is 0 Å². The summed E-state index contributed by atoms with van der Waals surface area (Å²) in [5.41, 5.74) is 3.38. The number of hydrogen-bond donors (Lipinski definition) is 0. The fraction of sp³-hybridized carbons (Fsp3) is 0.263. The topological polar surface area (TPSA) is 38.1 Å². The Morgan fingerprint density at radius 1 is 1.22 bits per heavy atom. The van der Waals surface area contributed by atoms with Crippen molar-refractivity contribution >= 4 is 16.8 Å². The van der Waals surface area contributed by atoms with Gasteiger partial charge >= 0.3 is 0 Å². The van der Waals surface area contributed by atoms with Gasteiger partial charge in [-0.2, -0.15) is 0 Å². The van der Waals surface area contributed by atoms with Crippen LogP contribution < -0.4 is 0 Å². The molecule has 0 bridgehead atoms. The van der Waals surface area contributed by atoms with Crippen molar-refractivity contribution in [3.05, 3.63) is 66.1 Å². The normalized spacial score (nSPS) is 12.3. The lowest BCUT2D eigenvalue weighted by atomic mass is 10.1. The second-order valence-corrected chi connectivity index (χ2v) is 5.92. The number of likely N-dealkylation sites (N-methyl/N-ethyl adjacent to an activating group) is 1. The van der Waals surface area contributed by atoms with Crippen molar-refractivity contribution in [2.24, 2.45) is 0 Å². The second kappa shape index (κ2) is 6.24. The zero-order chi connectivity index (χ0) is 16.4. The molecule has 1 atom stereocenters. The van der Waals surface area contributed by atoms with Crippen molar-refractivity contribution in [1.29, 1.82) is 0 Å². The molecule has 0 unspecified atom stereocenters. The van der Waals surface area contributed by atoms with Gasteiger partial charge in [-0.25, -0.2) is 0 Å². The first-order valence-corrected chi connectivity index (χ1v) is 7.78. The molecule has 0 spiro atoms. The van der Waals surface area contributed by atoms with Gasteiger partial charge in [0.05, 0.1) is 6.04 Å². The zero-order valence-corrected chi connectivity index (χ0v) is 13.7. The van der Waals surface area contributed by atoms with Gasteiger partial charge in [-0.05, 0) is 43.2 Å². The number of rotatable bonds is 4. The van der Waals surface area contributed by atoms with E-state index in [1.807, 2.05) is 49.0 Å². The Kier molecular flexibility index (Phi) is 4.15. The average molecular weight is 307 g/mol. The van der Waals surface area contributed by atoms with E-state index < -0.39 is 0 Å². The van der Waals surface area contributed by atoms with Gasteiger partial charge in [-0.3, -0.25) is 9.78 Å². The van der Waals surface area contributed by atoms with Gasteiger partial charge in [-0.1, -0.05) is 18.2 Å². The third-order valence-corrected chi connectivity index (χ3v) is 4.46. The van der Waals surface area contributed by atoms with Crippen LogP contribution >= 0.6 is 0 Å². The first-order chi connectivity index (χ1) is 11.1. The third kappa shape index (κ3) is 2.97. The summed E-state index contributed by atoms with van der Waals surface area (Å²) in [5.74, 6) is 0.0927. The number of benzene rings is 1. The summed E-state index contributed by atoms with van der Waals surface area (Å²) in [4.78, 5) is 18.5. The largest absolute Gasteiger partial charge is 0.338 e. The van der Waals surface area contributed by atoms with Gasteiger partial charge in [0, 0.05) is 36.5 Å². The number of hydrogen-bond acceptors (Lipinski definition) is 2. The first-order valence-electron chi connectivity index (χ1n) is 7.78. The predicted octanol–water partition coefficient (Wildman–Crippen LogP) is 3.56. The van der Waals surface area contributed by atoms with E-state index >= 15 is 0 Å². The van der Waals surface area contributed by atoms with E-state index in [0.29, 0.717) is 6.54 Å². The average Bonchev–Trinajstić information content (AvgIpc) is 2.90. The molecular weight excluding hydrogens is 286 g/mol. The maximum Gasteiger partial charge on any atom is 0.242 e. The van der Waals surface area contributed by atoms with E-state index in [1.54, 1.807) is 17.3 Å². The molecule has 4 heteroatoms. The van der Waals surface area contributed by atoms with E-state index in [9.17, 15) is 4.79 Å². The van der Waals surface area contributed by atoms with Crippen LogP contribution in [0.4, 0.5) is 0 Å². The molecule has 3 aromatic rings. The highest BCUT2D eigenvalue weighted by Crippen LogP contribution is 2.22. The molecule has 0 N–H and O–H groups in total. The number of amides is 1. The Labute approximate surface area is 136 Å². The number of aromatic nitrogens is 2. The van der Waals surface area contributed by atoms with Crippen LogP contribution in [-0.4, -0.2) is 27.4 Å². The van der Waals surface area contributed by atoms with E-state index in [-0.39, 0.29) is 11.9 Å². The van der Waals surface area contributed by atoms with Crippen molar-refractivity contribution in [3.63, 3.8) is 0 Å². The Balaban J connectivity index is 1.80. The van der Waals surface area contributed by atoms with Gasteiger partial charge in [0.25, 0.3) is 0 Å². The minimum atomic E-state index is 0.0217. The lowest BCUT2D eigenvalue weighted by molar-refractivity contribution is -0.132. The Morgan fingerprint density at radius 3 is 2.65 bits per heavy atom. The van der Waals surface area contributed by atoms with Crippen LogP contribution in [0.15, 0.2) is 55.0 Å². The highest BCUT2D eigenvalue weighted by atomic mass is 16.2. The SMILES string of the molecule is Cc1cn(CC(=O)N(C)[C@H](C)c2ccncc2)c2ccccc12. The quantitative estimate of drug-likeness (QED) is 0.739. The maximum absolute atomic E-state index is 12.7. The molecule has 2 aromatic heterocycles. The highest BCUT2D eigenvalue weighted by molar-refractivity contribution is 5.86. The van der Waals surface area contributed by atoms with Gasteiger partial charge < -0.3 is 9.47 Å². The molecule has 0 radical (unpaired) electrons. The number of para-hydroxylation sites is 1. The fourth-order valence-corrected chi connectivity index (χ4v) is 2.90. The molecule has 2 heterocycles. The molecule has 3 rings (SSSR count). The highest BCUT2D eigenvalue weighted by Gasteiger charge is 2.18. The lowest BCUT2D eigenvalue weighted by Crippen LogP contribution is -2.32. The third-order valence-electron chi connectivity index (χ3n) is 4.46. The number of pyridine rings is 1. The smallest absolute Gasteiger partial charge is 0.242 e. The standard InChI is InChI=1S/C19H21N3O/c1-14-12-22(18-7-5-4-6-17(14)18)13-19(23)21(3)15(2)16-8-10-20-11-9-16/h4-12,15H,13H2,1-3H3/t15-/m1/s1. The number of carbonyl (C=O) groups excluding carboxylic acids is 1. The molecule has 4 nitrogen and oxygen atoms in total. The van der Waals surface area contributed by atoms with Crippen molar-refractivity contribution in [2.45, 2.75) is 26.4 Å². The molecule has 23 heavy (non-hydrogen) atoms. The molecule has 0 saturated heterocycles. The summed E-state index contributed by atoms with van der Waals surface area (Å²) in [6.45, 7) is 4.46. The predicted molar refractivity (Wildman–Crippen MR) is 92.1 cm³/mol. The van der Waals surface area contributed by atoms with Crippen molar-refractivity contribution in [2.75, 3.05) is 7.05 Å². The van der Waals surface area contributed by atoms with E-state index in [0.717, 1.165) is 11.1 Å². The molecule has 1 amide bonds. The molecule has 0 fully saturated rings. The molecule has 0 aliphatic carbocycles. The fourth-order valence-electron chi connectivity index (χ4n) is 2.90. The number of nitrogens with zero attached hydrogens (tertiary/aromatic N) is 3. The minimum Gasteiger partial charge on any atom is -0.338 e. The van der Waals surface area contributed by atoms with Gasteiger partial charge in [-0.15, -0.1) is 0 Å². The summed E-state index contributed by atoms with van der Waals surface area (Å²) in [5, 5.41) is 1.20. The van der Waals surface area contributed by atoms with Crippen molar-refractivity contribution < 1.29 is 4.79 Å².